The quantitative estimate of drug-likeness (QED) is 0.215. The molecule has 281 valence electrons. The van der Waals surface area contributed by atoms with Crippen LogP contribution in [0.1, 0.15) is 39.5 Å². The van der Waals surface area contributed by atoms with Gasteiger partial charge in [0.1, 0.15) is 0 Å². The molecular weight excluding hydrogens is 851 g/mol. The number of hydrogen-bond acceptors (Lipinski definition) is 6. The largest absolute Gasteiger partial charge is 0.377 e. The van der Waals surface area contributed by atoms with E-state index in [1.54, 1.807) is 0 Å². The maximum atomic E-state index is 5.52. The third kappa shape index (κ3) is 7.35. The predicted octanol–water partition coefficient (Wildman–Crippen LogP) is 8.36. The van der Waals surface area contributed by atoms with Crippen molar-refractivity contribution in [2.24, 2.45) is 0 Å². The van der Waals surface area contributed by atoms with Gasteiger partial charge in [-0.2, -0.15) is 0 Å². The minimum atomic E-state index is 0. The molecule has 6 aliphatic rings. The van der Waals surface area contributed by atoms with E-state index in [-0.39, 0.29) is 49.3 Å². The smallest absolute Gasteiger partial charge is 0.0815 e. The van der Waals surface area contributed by atoms with Crippen LogP contribution in [0.25, 0.3) is 62.6 Å². The molecule has 0 saturated carbocycles. The van der Waals surface area contributed by atoms with Crippen molar-refractivity contribution in [2.45, 2.75) is 0 Å². The molecule has 9 rings (SSSR count). The van der Waals surface area contributed by atoms with Crippen LogP contribution in [-0.4, -0.2) is 93.9 Å². The Labute approximate surface area is 352 Å². The van der Waals surface area contributed by atoms with Crippen LogP contribution in [0.4, 0.5) is 0 Å². The summed E-state index contributed by atoms with van der Waals surface area (Å²) in [6, 6.07) is 10.7. The number of likely N-dealkylation sites (N-methyl/N-ethyl adjacent to an activating group) is 4. The van der Waals surface area contributed by atoms with E-state index < -0.39 is 0 Å². The van der Waals surface area contributed by atoms with Crippen LogP contribution in [0.5, 0.6) is 0 Å². The fraction of sp³-hybridized carbons (Fsp3) is 0.182. The molecule has 9 heterocycles. The fourth-order valence-electron chi connectivity index (χ4n) is 7.42. The van der Waals surface area contributed by atoms with Crippen molar-refractivity contribution in [3.05, 3.63) is 149 Å². The second-order valence-electron chi connectivity index (χ2n) is 14.2. The molecule has 3 aromatic rings. The molecule has 0 aliphatic carbocycles. The van der Waals surface area contributed by atoms with E-state index in [4.69, 9.17) is 9.97 Å². The van der Waals surface area contributed by atoms with Crippen molar-refractivity contribution in [1.29, 1.82) is 0 Å². The number of allylic oxidation sites excluding steroid dienone is 9. The molecule has 0 amide bonds. The van der Waals surface area contributed by atoms with E-state index in [1.807, 2.05) is 0 Å². The van der Waals surface area contributed by atoms with E-state index in [0.717, 1.165) is 87.7 Å². The second kappa shape index (κ2) is 15.5. The van der Waals surface area contributed by atoms with Gasteiger partial charge < -0.3 is 29.6 Å². The fourth-order valence-corrected chi connectivity index (χ4v) is 7.42. The summed E-state index contributed by atoms with van der Waals surface area (Å²) >= 11 is 0. The molecule has 6 aliphatic heterocycles. The normalized spacial score (nSPS) is 17.4. The number of H-pyrrole nitrogens is 2. The summed E-state index contributed by atoms with van der Waals surface area (Å²) in [5.41, 5.74) is 16.9. The first-order chi connectivity index (χ1) is 25.3. The average molecular weight is 894 g/mol. The summed E-state index contributed by atoms with van der Waals surface area (Å²) in [4.78, 5) is 27.0. The van der Waals surface area contributed by atoms with Gasteiger partial charge in [0.15, 0.2) is 0 Å². The molecule has 1 radical (unpaired) electrons. The summed E-state index contributed by atoms with van der Waals surface area (Å²) in [6.45, 7) is 3.28. The topological polar surface area (TPSA) is 70.3 Å². The predicted molar refractivity (Wildman–Crippen MR) is 224 cm³/mol. The first-order valence-electron chi connectivity index (χ1n) is 17.9. The molecule has 8 nitrogen and oxygen atoms in total. The number of halogens is 1. The van der Waals surface area contributed by atoms with Crippen LogP contribution < -0.4 is 0 Å². The zero-order chi connectivity index (χ0) is 35.3. The van der Waals surface area contributed by atoms with Crippen molar-refractivity contribution in [3.8, 4) is 0 Å². The van der Waals surface area contributed by atoms with Crippen molar-refractivity contribution in [2.75, 3.05) is 54.4 Å². The Morgan fingerprint density at radius 3 is 1.54 bits per heavy atom. The van der Waals surface area contributed by atoms with E-state index in [1.165, 1.54) is 27.8 Å². The Morgan fingerprint density at radius 2 is 1.00 bits per heavy atom. The van der Waals surface area contributed by atoms with Crippen LogP contribution in [0.15, 0.2) is 109 Å². The molecule has 0 fully saturated rings. The van der Waals surface area contributed by atoms with E-state index >= 15 is 0 Å². The Hall–Kier alpha value is -4.76. The molecule has 10 heteroatoms. The molecule has 2 N–H and O–H groups in total. The maximum absolute atomic E-state index is 5.52. The van der Waals surface area contributed by atoms with E-state index in [0.29, 0.717) is 0 Å². The van der Waals surface area contributed by atoms with Crippen LogP contribution in [-0.2, 0) is 0 Å². The molecule has 3 aromatic heterocycles. The molecule has 0 saturated heterocycles. The first kappa shape index (κ1) is 37.6. The summed E-state index contributed by atoms with van der Waals surface area (Å²) in [7, 11) is 8.45. The SMILES string of the molecule is CN1C=CC(C2=Cc3cc4ccc(cc5nc(cc6[nH]c(c(C7=CCN(C)C=C7)c2n3)c(C2=CCN(C)C=C2)c6C2=CCN(C)C=C2)C=C5)[nH]4)=CC1.Cl.[Lu]. The van der Waals surface area contributed by atoms with Gasteiger partial charge in [-0.25, -0.2) is 9.97 Å². The number of nitrogens with zero attached hydrogens (tertiary/aromatic N) is 6. The van der Waals surface area contributed by atoms with Gasteiger partial charge in [-0.1, -0.05) is 24.3 Å². The monoisotopic (exact) mass is 893 g/mol. The zero-order valence-electron chi connectivity index (χ0n) is 30.7. The number of aromatic nitrogens is 4. The Morgan fingerprint density at radius 1 is 0.519 bits per heavy atom. The second-order valence-corrected chi connectivity index (χ2v) is 14.2. The van der Waals surface area contributed by atoms with Gasteiger partial charge in [0, 0.05) is 130 Å². The minimum Gasteiger partial charge on any atom is -0.377 e. The number of aromatic amines is 2. The maximum Gasteiger partial charge on any atom is 0.0815 e. The van der Waals surface area contributed by atoms with Crippen molar-refractivity contribution in [1.82, 2.24) is 39.5 Å². The van der Waals surface area contributed by atoms with E-state index in [2.05, 4.69) is 180 Å². The summed E-state index contributed by atoms with van der Waals surface area (Å²) in [6.07, 6.45) is 33.4. The van der Waals surface area contributed by atoms with Gasteiger partial charge >= 0.3 is 0 Å². The minimum absolute atomic E-state index is 0. The van der Waals surface area contributed by atoms with Gasteiger partial charge in [-0.15, -0.1) is 12.4 Å². The third-order valence-electron chi connectivity index (χ3n) is 10.2. The molecular formula is C44H43ClLuN8. The zero-order valence-corrected chi connectivity index (χ0v) is 33.2. The van der Waals surface area contributed by atoms with Gasteiger partial charge in [0.25, 0.3) is 0 Å². The summed E-state index contributed by atoms with van der Waals surface area (Å²) in [5.74, 6) is 0. The summed E-state index contributed by atoms with van der Waals surface area (Å²) < 4.78 is 0. The van der Waals surface area contributed by atoms with Crippen molar-refractivity contribution < 1.29 is 36.9 Å². The molecule has 0 atom stereocenters. The van der Waals surface area contributed by atoms with Crippen molar-refractivity contribution >= 4 is 75.0 Å². The van der Waals surface area contributed by atoms with Gasteiger partial charge in [-0.3, -0.25) is 0 Å². The first-order valence-corrected chi connectivity index (χ1v) is 17.9. The van der Waals surface area contributed by atoms with Crippen molar-refractivity contribution in [3.63, 3.8) is 0 Å². The Balaban J connectivity index is 0.00000225. The Kier molecular flexibility index (Phi) is 10.8. The van der Waals surface area contributed by atoms with Gasteiger partial charge in [-0.05, 0) is 120 Å². The van der Waals surface area contributed by atoms with Crippen LogP contribution in [0, 0.1) is 36.9 Å². The molecule has 0 aromatic carbocycles. The number of hydrogen-bond donors (Lipinski definition) is 2. The van der Waals surface area contributed by atoms with Gasteiger partial charge in [0.05, 0.1) is 28.3 Å². The van der Waals surface area contributed by atoms with Gasteiger partial charge in [0.2, 0.25) is 0 Å². The number of nitrogens with one attached hydrogen (secondary N) is 2. The van der Waals surface area contributed by atoms with Crippen LogP contribution in [0.2, 0.25) is 0 Å². The van der Waals surface area contributed by atoms with E-state index in [9.17, 15) is 0 Å². The molecule has 54 heavy (non-hydrogen) atoms. The Bertz CT molecular complexity index is 2500. The number of fused-ring (bicyclic) bond motifs is 8. The molecule has 8 bridgehead atoms. The standard InChI is InChI=1S/C44H42N8.ClH.Lu/c1-49-17-9-29(10-18-49)38-27-37-26-35-6-5-33(45-35)25-34-7-8-36(46-34)28-39-40(30-11-19-50(2)20-12-30)41(31-13-21-51(3)22-14-31)44(48-39)42(43(38)47-37)32-15-23-52(4)24-16-32;;/h5-17,19,21,23,25-28,45,48H,18,20,22,24H2,1-4H3;1H;. The number of rotatable bonds is 4. The third-order valence-corrected chi connectivity index (χ3v) is 10.2. The van der Waals surface area contributed by atoms with Crippen LogP contribution >= 0.6 is 12.4 Å². The average Bonchev–Trinajstić information content (AvgIpc) is 3.95. The molecule has 0 unspecified atom stereocenters. The summed E-state index contributed by atoms with van der Waals surface area (Å²) in [5, 5.41) is 0. The van der Waals surface area contributed by atoms with Crippen LogP contribution in [0.3, 0.4) is 0 Å². The molecule has 0 spiro atoms.